The van der Waals surface area contributed by atoms with E-state index in [-0.39, 0.29) is 17.2 Å². The minimum atomic E-state index is -1.12. The second-order valence-corrected chi connectivity index (χ2v) is 6.10. The highest BCUT2D eigenvalue weighted by Crippen LogP contribution is 2.25. The van der Waals surface area contributed by atoms with E-state index in [1.54, 1.807) is 11.4 Å². The van der Waals surface area contributed by atoms with Crippen LogP contribution in [0.1, 0.15) is 20.7 Å². The Bertz CT molecular complexity index is 668. The number of methoxy groups -OCH3 is 1. The molecule has 0 fully saturated rings. The van der Waals surface area contributed by atoms with Crippen molar-refractivity contribution < 1.29 is 19.4 Å². The minimum absolute atomic E-state index is 0.00782. The van der Waals surface area contributed by atoms with Gasteiger partial charge in [-0.05, 0) is 34.1 Å². The van der Waals surface area contributed by atoms with Crippen molar-refractivity contribution in [2.24, 2.45) is 0 Å². The highest BCUT2D eigenvalue weighted by atomic mass is 79.9. The molecule has 1 aromatic heterocycles. The first-order valence-electron chi connectivity index (χ1n) is 5.48. The zero-order valence-corrected chi connectivity index (χ0v) is 12.7. The first kappa shape index (κ1) is 14.5. The van der Waals surface area contributed by atoms with Crippen molar-refractivity contribution in [2.75, 3.05) is 12.4 Å². The molecule has 0 spiro atoms. The maximum absolute atomic E-state index is 12.0. The molecule has 0 atom stereocenters. The number of halogens is 1. The van der Waals surface area contributed by atoms with E-state index < -0.39 is 5.97 Å². The average molecular weight is 356 g/mol. The van der Waals surface area contributed by atoms with Crippen LogP contribution in [-0.2, 0) is 0 Å². The summed E-state index contributed by atoms with van der Waals surface area (Å²) in [6, 6.07) is 6.06. The lowest BCUT2D eigenvalue weighted by Gasteiger charge is -2.09. The number of carboxylic acids is 1. The SMILES string of the molecule is COc1ccc(C(=O)O)c(NC(=O)c2csc(Br)c2)c1. The maximum Gasteiger partial charge on any atom is 0.337 e. The molecule has 1 heterocycles. The number of amides is 1. The van der Waals surface area contributed by atoms with E-state index in [1.807, 2.05) is 0 Å². The summed E-state index contributed by atoms with van der Waals surface area (Å²) in [7, 11) is 1.47. The maximum atomic E-state index is 12.0. The smallest absolute Gasteiger partial charge is 0.337 e. The molecule has 2 aromatic rings. The van der Waals surface area contributed by atoms with E-state index in [2.05, 4.69) is 21.2 Å². The number of nitrogens with one attached hydrogen (secondary N) is 1. The van der Waals surface area contributed by atoms with E-state index in [9.17, 15) is 9.59 Å². The zero-order valence-electron chi connectivity index (χ0n) is 10.3. The Morgan fingerprint density at radius 1 is 1.35 bits per heavy atom. The quantitative estimate of drug-likeness (QED) is 0.880. The fourth-order valence-corrected chi connectivity index (χ4v) is 2.70. The number of carbonyl (C=O) groups excluding carboxylic acids is 1. The lowest BCUT2D eigenvalue weighted by atomic mass is 10.1. The number of aromatic carboxylic acids is 1. The molecule has 5 nitrogen and oxygen atoms in total. The Morgan fingerprint density at radius 3 is 2.65 bits per heavy atom. The van der Waals surface area contributed by atoms with Gasteiger partial charge >= 0.3 is 5.97 Å². The Hall–Kier alpha value is -1.86. The molecule has 0 unspecified atom stereocenters. The van der Waals surface area contributed by atoms with Crippen molar-refractivity contribution in [2.45, 2.75) is 0 Å². The molecule has 0 saturated carbocycles. The van der Waals surface area contributed by atoms with E-state index in [4.69, 9.17) is 9.84 Å². The molecule has 0 bridgehead atoms. The number of carbonyl (C=O) groups is 2. The van der Waals surface area contributed by atoms with Crippen molar-refractivity contribution in [1.29, 1.82) is 0 Å². The molecule has 20 heavy (non-hydrogen) atoms. The number of hydrogen-bond acceptors (Lipinski definition) is 4. The minimum Gasteiger partial charge on any atom is -0.497 e. The van der Waals surface area contributed by atoms with Gasteiger partial charge in [-0.3, -0.25) is 4.79 Å². The summed E-state index contributed by atoms with van der Waals surface area (Å²) in [5.41, 5.74) is 0.665. The molecule has 104 valence electrons. The number of ether oxygens (including phenoxy) is 1. The predicted octanol–water partition coefficient (Wildman–Crippen LogP) is 3.47. The fraction of sp³-hybridized carbons (Fsp3) is 0.0769. The Labute approximate surface area is 127 Å². The molecular formula is C13H10BrNO4S. The molecule has 0 aliphatic carbocycles. The predicted molar refractivity (Wildman–Crippen MR) is 79.9 cm³/mol. The number of benzene rings is 1. The second kappa shape index (κ2) is 6.06. The summed E-state index contributed by atoms with van der Waals surface area (Å²) in [4.78, 5) is 23.2. The number of thiophene rings is 1. The molecular weight excluding hydrogens is 346 g/mol. The fourth-order valence-electron chi connectivity index (χ4n) is 1.56. The van der Waals surface area contributed by atoms with Gasteiger partial charge in [0.2, 0.25) is 0 Å². The van der Waals surface area contributed by atoms with Crippen molar-refractivity contribution in [3.8, 4) is 5.75 Å². The summed E-state index contributed by atoms with van der Waals surface area (Å²) >= 11 is 4.65. The van der Waals surface area contributed by atoms with Gasteiger partial charge < -0.3 is 15.2 Å². The first-order chi connectivity index (χ1) is 9.51. The van der Waals surface area contributed by atoms with Crippen LogP contribution in [0.15, 0.2) is 33.4 Å². The molecule has 2 N–H and O–H groups in total. The van der Waals surface area contributed by atoms with Crippen LogP contribution in [0.5, 0.6) is 5.75 Å². The zero-order chi connectivity index (χ0) is 14.7. The molecule has 0 aliphatic rings. The molecule has 2 rings (SSSR count). The van der Waals surface area contributed by atoms with Gasteiger partial charge in [-0.2, -0.15) is 0 Å². The van der Waals surface area contributed by atoms with Crippen LogP contribution in [0.2, 0.25) is 0 Å². The largest absolute Gasteiger partial charge is 0.497 e. The van der Waals surface area contributed by atoms with Crippen molar-refractivity contribution >= 4 is 44.8 Å². The van der Waals surface area contributed by atoms with Gasteiger partial charge in [0.15, 0.2) is 0 Å². The summed E-state index contributed by atoms with van der Waals surface area (Å²) in [5, 5.41) is 13.4. The summed E-state index contributed by atoms with van der Waals surface area (Å²) < 4.78 is 5.86. The summed E-state index contributed by atoms with van der Waals surface area (Å²) in [5.74, 6) is -1.02. The third-order valence-corrected chi connectivity index (χ3v) is 4.04. The highest BCUT2D eigenvalue weighted by Gasteiger charge is 2.15. The number of carboxylic acid groups (broad SMARTS) is 1. The number of rotatable bonds is 4. The van der Waals surface area contributed by atoms with Crippen molar-refractivity contribution in [3.05, 3.63) is 44.6 Å². The van der Waals surface area contributed by atoms with Gasteiger partial charge in [-0.15, -0.1) is 11.3 Å². The first-order valence-corrected chi connectivity index (χ1v) is 7.15. The van der Waals surface area contributed by atoms with Crippen LogP contribution in [0.3, 0.4) is 0 Å². The van der Waals surface area contributed by atoms with Gasteiger partial charge in [-0.1, -0.05) is 0 Å². The van der Waals surface area contributed by atoms with E-state index in [1.165, 1.54) is 36.6 Å². The van der Waals surface area contributed by atoms with Crippen LogP contribution >= 0.6 is 27.3 Å². The van der Waals surface area contributed by atoms with E-state index in [0.29, 0.717) is 11.3 Å². The molecule has 0 saturated heterocycles. The van der Waals surface area contributed by atoms with Crippen molar-refractivity contribution in [1.82, 2.24) is 0 Å². The molecule has 0 aliphatic heterocycles. The van der Waals surface area contributed by atoms with Gasteiger partial charge in [0.25, 0.3) is 5.91 Å². The highest BCUT2D eigenvalue weighted by molar-refractivity contribution is 9.11. The third-order valence-electron chi connectivity index (χ3n) is 2.53. The number of anilines is 1. The Kier molecular flexibility index (Phi) is 4.41. The third kappa shape index (κ3) is 3.17. The lowest BCUT2D eigenvalue weighted by molar-refractivity contribution is 0.0698. The average Bonchev–Trinajstić information content (AvgIpc) is 2.85. The van der Waals surface area contributed by atoms with Crippen LogP contribution in [-0.4, -0.2) is 24.1 Å². The topological polar surface area (TPSA) is 75.6 Å². The Morgan fingerprint density at radius 2 is 2.10 bits per heavy atom. The molecule has 1 aromatic carbocycles. The van der Waals surface area contributed by atoms with Crippen molar-refractivity contribution in [3.63, 3.8) is 0 Å². The normalized spacial score (nSPS) is 10.1. The monoisotopic (exact) mass is 355 g/mol. The van der Waals surface area contributed by atoms with Crippen LogP contribution < -0.4 is 10.1 Å². The summed E-state index contributed by atoms with van der Waals surface area (Å²) in [6.07, 6.45) is 0. The van der Waals surface area contributed by atoms with Gasteiger partial charge in [0.05, 0.1) is 27.7 Å². The van der Waals surface area contributed by atoms with Crippen LogP contribution in [0.25, 0.3) is 0 Å². The Balaban J connectivity index is 2.31. The molecule has 0 radical (unpaired) electrons. The summed E-state index contributed by atoms with van der Waals surface area (Å²) in [6.45, 7) is 0. The standard InChI is InChI=1S/C13H10BrNO4S/c1-19-8-2-3-9(13(17)18)10(5-8)15-12(16)7-4-11(14)20-6-7/h2-6H,1H3,(H,15,16)(H,17,18). The molecule has 1 amide bonds. The molecule has 7 heteroatoms. The van der Waals surface area contributed by atoms with Crippen LogP contribution in [0, 0.1) is 0 Å². The van der Waals surface area contributed by atoms with Gasteiger partial charge in [0, 0.05) is 11.4 Å². The van der Waals surface area contributed by atoms with Gasteiger partial charge in [0.1, 0.15) is 5.75 Å². The second-order valence-electron chi connectivity index (χ2n) is 3.81. The number of hydrogen-bond donors (Lipinski definition) is 2. The van der Waals surface area contributed by atoms with E-state index in [0.717, 1.165) is 3.79 Å². The van der Waals surface area contributed by atoms with Gasteiger partial charge in [-0.25, -0.2) is 4.79 Å². The lowest BCUT2D eigenvalue weighted by Crippen LogP contribution is -2.14. The van der Waals surface area contributed by atoms with E-state index >= 15 is 0 Å². The van der Waals surface area contributed by atoms with Crippen LogP contribution in [0.4, 0.5) is 5.69 Å².